The first-order valence-corrected chi connectivity index (χ1v) is 14.9. The van der Waals surface area contributed by atoms with E-state index in [1.165, 1.54) is 36.8 Å². The third kappa shape index (κ3) is 25.5. The summed E-state index contributed by atoms with van der Waals surface area (Å²) in [5.41, 5.74) is 3.69. The van der Waals surface area contributed by atoms with E-state index in [1.807, 2.05) is 13.0 Å². The van der Waals surface area contributed by atoms with Crippen LogP contribution in [0.2, 0.25) is 0 Å². The van der Waals surface area contributed by atoms with Gasteiger partial charge in [-0.2, -0.15) is 0 Å². The van der Waals surface area contributed by atoms with E-state index in [4.69, 9.17) is 9.47 Å². The maximum absolute atomic E-state index is 11.9. The second-order valence-electron chi connectivity index (χ2n) is 10.7. The number of rotatable bonds is 23. The zero-order valence-electron chi connectivity index (χ0n) is 25.5. The molecule has 38 heavy (non-hydrogen) atoms. The molecule has 0 amide bonds. The van der Waals surface area contributed by atoms with Gasteiger partial charge in [-0.25, -0.2) is 9.59 Å². The second kappa shape index (κ2) is 25.2. The van der Waals surface area contributed by atoms with Crippen molar-refractivity contribution in [2.24, 2.45) is 0 Å². The van der Waals surface area contributed by atoms with E-state index in [1.54, 1.807) is 12.2 Å². The molecule has 0 N–H and O–H groups in total. The van der Waals surface area contributed by atoms with E-state index < -0.39 is 0 Å². The first-order chi connectivity index (χ1) is 18.2. The molecular formula is C33H57NO4. The summed E-state index contributed by atoms with van der Waals surface area (Å²) < 4.78 is 10.6. The normalized spacial score (nSPS) is 11.6. The molecule has 0 saturated heterocycles. The van der Waals surface area contributed by atoms with Crippen LogP contribution in [0.5, 0.6) is 0 Å². The minimum Gasteiger partial charge on any atom is -0.463 e. The summed E-state index contributed by atoms with van der Waals surface area (Å²) in [5.74, 6) is -0.437. The average molecular weight is 532 g/mol. The summed E-state index contributed by atoms with van der Waals surface area (Å²) in [6, 6.07) is 0. The summed E-state index contributed by atoms with van der Waals surface area (Å²) in [6.07, 6.45) is 21.9. The molecule has 0 bridgehead atoms. The number of carbonyl (C=O) groups excluding carboxylic acids is 2. The number of nitrogens with zero attached hydrogens (tertiary/aromatic N) is 1. The van der Waals surface area contributed by atoms with Crippen LogP contribution in [0.3, 0.4) is 0 Å². The van der Waals surface area contributed by atoms with Gasteiger partial charge >= 0.3 is 11.9 Å². The Labute approximate surface area is 234 Å². The number of hydrogen-bond donors (Lipinski definition) is 0. The van der Waals surface area contributed by atoms with E-state index in [0.717, 1.165) is 76.6 Å². The first kappa shape index (κ1) is 35.9. The molecule has 0 rings (SSSR count). The van der Waals surface area contributed by atoms with E-state index in [2.05, 4.69) is 51.7 Å². The van der Waals surface area contributed by atoms with Crippen LogP contribution in [0.15, 0.2) is 47.1 Å². The lowest BCUT2D eigenvalue weighted by atomic mass is 10.1. The zero-order chi connectivity index (χ0) is 28.4. The maximum atomic E-state index is 11.9. The van der Waals surface area contributed by atoms with Crippen molar-refractivity contribution in [3.63, 3.8) is 0 Å². The largest absolute Gasteiger partial charge is 0.463 e. The standard InChI is InChI=1S/C33H57NO4/c1-7-34(24-15-8-10-17-26-37-32(35)23-14-12-13-20-29(2)3)25-16-9-11-18-27-38-33(36)28-31(6)22-19-21-30(4)5/h14,20-21,23,28H,7-13,15-19,22,24-27H2,1-6H3/b23-14+,31-28+. The Morgan fingerprint density at radius 1 is 0.658 bits per heavy atom. The molecule has 0 aromatic carbocycles. The Balaban J connectivity index is 3.69. The molecule has 0 aliphatic heterocycles. The highest BCUT2D eigenvalue weighted by molar-refractivity contribution is 5.82. The van der Waals surface area contributed by atoms with Gasteiger partial charge in [0.05, 0.1) is 13.2 Å². The molecular weight excluding hydrogens is 474 g/mol. The molecule has 0 saturated carbocycles. The predicted octanol–water partition coefficient (Wildman–Crippen LogP) is 8.51. The van der Waals surface area contributed by atoms with Gasteiger partial charge in [0, 0.05) is 12.2 Å². The number of ether oxygens (including phenoxy) is 2. The van der Waals surface area contributed by atoms with Gasteiger partial charge in [-0.3, -0.25) is 0 Å². The number of hydrogen-bond acceptors (Lipinski definition) is 5. The number of carbonyl (C=O) groups is 2. The van der Waals surface area contributed by atoms with Gasteiger partial charge in [0.25, 0.3) is 0 Å². The minimum atomic E-state index is -0.227. The lowest BCUT2D eigenvalue weighted by Crippen LogP contribution is -2.25. The smallest absolute Gasteiger partial charge is 0.330 e. The summed E-state index contributed by atoms with van der Waals surface area (Å²) in [6.45, 7) is 16.9. The van der Waals surface area contributed by atoms with Gasteiger partial charge in [-0.15, -0.1) is 0 Å². The molecule has 0 aromatic heterocycles. The van der Waals surface area contributed by atoms with Crippen LogP contribution in [0, 0.1) is 0 Å². The molecule has 5 nitrogen and oxygen atoms in total. The molecule has 5 heteroatoms. The van der Waals surface area contributed by atoms with Crippen LogP contribution >= 0.6 is 0 Å². The van der Waals surface area contributed by atoms with Crippen LogP contribution in [0.25, 0.3) is 0 Å². The van der Waals surface area contributed by atoms with Crippen LogP contribution in [-0.4, -0.2) is 49.7 Å². The van der Waals surface area contributed by atoms with Gasteiger partial charge < -0.3 is 14.4 Å². The fraction of sp³-hybridized carbons (Fsp3) is 0.697. The van der Waals surface area contributed by atoms with Crippen molar-refractivity contribution in [1.29, 1.82) is 0 Å². The Morgan fingerprint density at radius 3 is 1.74 bits per heavy atom. The van der Waals surface area contributed by atoms with Gasteiger partial charge in [0.15, 0.2) is 0 Å². The lowest BCUT2D eigenvalue weighted by Gasteiger charge is -2.20. The van der Waals surface area contributed by atoms with Gasteiger partial charge in [0.2, 0.25) is 0 Å². The molecule has 218 valence electrons. The first-order valence-electron chi connectivity index (χ1n) is 14.9. The fourth-order valence-corrected chi connectivity index (χ4v) is 3.96. The van der Waals surface area contributed by atoms with E-state index >= 15 is 0 Å². The van der Waals surface area contributed by atoms with Crippen molar-refractivity contribution >= 4 is 11.9 Å². The molecule has 0 unspecified atom stereocenters. The summed E-state index contributed by atoms with van der Waals surface area (Å²) in [5, 5.41) is 0. The van der Waals surface area contributed by atoms with Crippen LogP contribution in [-0.2, 0) is 19.1 Å². The number of unbranched alkanes of at least 4 members (excludes halogenated alkanes) is 7. The van der Waals surface area contributed by atoms with Crippen molar-refractivity contribution in [1.82, 2.24) is 4.90 Å². The molecule has 0 aliphatic rings. The monoisotopic (exact) mass is 531 g/mol. The third-order valence-electron chi connectivity index (χ3n) is 6.27. The van der Waals surface area contributed by atoms with E-state index in [-0.39, 0.29) is 11.9 Å². The second-order valence-corrected chi connectivity index (χ2v) is 10.7. The summed E-state index contributed by atoms with van der Waals surface area (Å²) in [7, 11) is 0. The van der Waals surface area contributed by atoms with Crippen LogP contribution in [0.1, 0.15) is 119 Å². The molecule has 0 radical (unpaired) electrons. The summed E-state index contributed by atoms with van der Waals surface area (Å²) in [4.78, 5) is 26.1. The maximum Gasteiger partial charge on any atom is 0.330 e. The average Bonchev–Trinajstić information content (AvgIpc) is 2.85. The molecule has 0 aromatic rings. The van der Waals surface area contributed by atoms with Gasteiger partial charge in [-0.1, -0.05) is 67.6 Å². The van der Waals surface area contributed by atoms with Crippen molar-refractivity contribution in [2.75, 3.05) is 32.8 Å². The third-order valence-corrected chi connectivity index (χ3v) is 6.27. The molecule has 0 fully saturated rings. The number of allylic oxidation sites excluding steroid dienone is 6. The lowest BCUT2D eigenvalue weighted by molar-refractivity contribution is -0.138. The highest BCUT2D eigenvalue weighted by atomic mass is 16.5. The van der Waals surface area contributed by atoms with Crippen molar-refractivity contribution in [2.45, 2.75) is 119 Å². The van der Waals surface area contributed by atoms with Gasteiger partial charge in [-0.05, 0) is 106 Å². The fourth-order valence-electron chi connectivity index (χ4n) is 3.96. The molecule has 0 spiro atoms. The van der Waals surface area contributed by atoms with Gasteiger partial charge in [0.1, 0.15) is 0 Å². The molecule has 0 heterocycles. The van der Waals surface area contributed by atoms with Crippen molar-refractivity contribution < 1.29 is 19.1 Å². The predicted molar refractivity (Wildman–Crippen MR) is 161 cm³/mol. The highest BCUT2D eigenvalue weighted by Gasteiger charge is 2.04. The highest BCUT2D eigenvalue weighted by Crippen LogP contribution is 2.09. The summed E-state index contributed by atoms with van der Waals surface area (Å²) >= 11 is 0. The van der Waals surface area contributed by atoms with Crippen LogP contribution in [0.4, 0.5) is 0 Å². The topological polar surface area (TPSA) is 55.8 Å². The Hall–Kier alpha value is -2.14. The molecule has 0 atom stereocenters. The van der Waals surface area contributed by atoms with Crippen LogP contribution < -0.4 is 0 Å². The Morgan fingerprint density at radius 2 is 1.18 bits per heavy atom. The SMILES string of the molecule is CCN(CCCCCCOC(=O)/C=C/CCC=C(C)C)CCCCCCOC(=O)/C=C(\C)CCC=C(C)C. The Bertz CT molecular complexity index is 740. The minimum absolute atomic E-state index is 0.211. The van der Waals surface area contributed by atoms with E-state index in [9.17, 15) is 9.59 Å². The van der Waals surface area contributed by atoms with Crippen molar-refractivity contribution in [3.05, 3.63) is 47.1 Å². The zero-order valence-corrected chi connectivity index (χ0v) is 25.5. The molecule has 0 aliphatic carbocycles. The quantitative estimate of drug-likeness (QED) is 0.0572. The van der Waals surface area contributed by atoms with E-state index in [0.29, 0.717) is 13.2 Å². The van der Waals surface area contributed by atoms with Crippen molar-refractivity contribution in [3.8, 4) is 0 Å². The number of esters is 2. The Kier molecular flexibility index (Phi) is 23.7.